The number of nitrogens with zero attached hydrogens (tertiary/aromatic N) is 1. The summed E-state index contributed by atoms with van der Waals surface area (Å²) in [6.45, 7) is 2.10. The van der Waals surface area contributed by atoms with E-state index in [0.29, 0.717) is 5.56 Å². The van der Waals surface area contributed by atoms with Gasteiger partial charge in [0.1, 0.15) is 0 Å². The number of carbonyl (C=O) groups excluding carboxylic acids is 1. The summed E-state index contributed by atoms with van der Waals surface area (Å²) in [4.78, 5) is 16.3. The van der Waals surface area contributed by atoms with E-state index in [2.05, 4.69) is 17.2 Å². The van der Waals surface area contributed by atoms with Gasteiger partial charge in [-0.2, -0.15) is 0 Å². The van der Waals surface area contributed by atoms with Crippen LogP contribution in [0, 0.1) is 0 Å². The standard InChI is InChI=1S/C21H20N2O/c1-2-16-3-7-19(8-4-16)21(24)23-20-9-5-17(6-10-20)15-18-11-13-22-14-12-18/h3-14H,2,15H2,1H3,(H,23,24). The zero-order chi connectivity index (χ0) is 16.8. The summed E-state index contributed by atoms with van der Waals surface area (Å²) in [5, 5.41) is 2.94. The molecule has 0 aliphatic heterocycles. The molecule has 120 valence electrons. The first-order chi connectivity index (χ1) is 11.7. The van der Waals surface area contributed by atoms with Gasteiger partial charge in [-0.3, -0.25) is 9.78 Å². The van der Waals surface area contributed by atoms with E-state index in [1.807, 2.05) is 60.7 Å². The van der Waals surface area contributed by atoms with Crippen LogP contribution in [0.25, 0.3) is 0 Å². The predicted octanol–water partition coefficient (Wildman–Crippen LogP) is 4.49. The predicted molar refractivity (Wildman–Crippen MR) is 97.3 cm³/mol. The quantitative estimate of drug-likeness (QED) is 0.753. The molecule has 1 aromatic heterocycles. The molecule has 0 atom stereocenters. The maximum atomic E-state index is 12.3. The van der Waals surface area contributed by atoms with Crippen LogP contribution >= 0.6 is 0 Å². The van der Waals surface area contributed by atoms with Gasteiger partial charge >= 0.3 is 0 Å². The highest BCUT2D eigenvalue weighted by Gasteiger charge is 2.06. The summed E-state index contributed by atoms with van der Waals surface area (Å²) in [5.74, 6) is -0.0838. The number of anilines is 1. The Labute approximate surface area is 142 Å². The topological polar surface area (TPSA) is 42.0 Å². The fraction of sp³-hybridized carbons (Fsp3) is 0.143. The lowest BCUT2D eigenvalue weighted by molar-refractivity contribution is 0.102. The van der Waals surface area contributed by atoms with Gasteiger partial charge < -0.3 is 5.32 Å². The minimum Gasteiger partial charge on any atom is -0.322 e. The average molecular weight is 316 g/mol. The molecule has 1 N–H and O–H groups in total. The Bertz CT molecular complexity index is 794. The van der Waals surface area contributed by atoms with Crippen LogP contribution in [0.3, 0.4) is 0 Å². The van der Waals surface area contributed by atoms with Gasteiger partial charge in [0.05, 0.1) is 0 Å². The van der Waals surface area contributed by atoms with Crippen molar-refractivity contribution in [3.8, 4) is 0 Å². The Morgan fingerprint density at radius 3 is 2.04 bits per heavy atom. The van der Waals surface area contributed by atoms with E-state index < -0.39 is 0 Å². The van der Waals surface area contributed by atoms with E-state index in [1.54, 1.807) is 12.4 Å². The lowest BCUT2D eigenvalue weighted by Crippen LogP contribution is -2.11. The highest BCUT2D eigenvalue weighted by molar-refractivity contribution is 6.04. The van der Waals surface area contributed by atoms with Gasteiger partial charge in [-0.05, 0) is 65.9 Å². The van der Waals surface area contributed by atoms with Gasteiger partial charge in [-0.15, -0.1) is 0 Å². The highest BCUT2D eigenvalue weighted by atomic mass is 16.1. The number of hydrogen-bond donors (Lipinski definition) is 1. The van der Waals surface area contributed by atoms with Gasteiger partial charge in [0, 0.05) is 23.6 Å². The van der Waals surface area contributed by atoms with Crippen molar-refractivity contribution in [1.82, 2.24) is 4.98 Å². The molecule has 0 saturated carbocycles. The summed E-state index contributed by atoms with van der Waals surface area (Å²) in [5.41, 5.74) is 5.13. The third-order valence-electron chi connectivity index (χ3n) is 3.99. The molecule has 24 heavy (non-hydrogen) atoms. The van der Waals surface area contributed by atoms with E-state index in [-0.39, 0.29) is 5.91 Å². The van der Waals surface area contributed by atoms with E-state index in [9.17, 15) is 4.79 Å². The maximum absolute atomic E-state index is 12.3. The minimum absolute atomic E-state index is 0.0838. The molecular weight excluding hydrogens is 296 g/mol. The number of benzene rings is 2. The van der Waals surface area contributed by atoms with Crippen LogP contribution in [0.2, 0.25) is 0 Å². The Morgan fingerprint density at radius 2 is 1.42 bits per heavy atom. The summed E-state index contributed by atoms with van der Waals surface area (Å²) >= 11 is 0. The number of nitrogens with one attached hydrogen (secondary N) is 1. The number of aryl methyl sites for hydroxylation is 1. The maximum Gasteiger partial charge on any atom is 0.255 e. The van der Waals surface area contributed by atoms with Gasteiger partial charge in [0.15, 0.2) is 0 Å². The zero-order valence-electron chi connectivity index (χ0n) is 13.7. The van der Waals surface area contributed by atoms with E-state index in [0.717, 1.165) is 18.5 Å². The molecule has 0 bridgehead atoms. The van der Waals surface area contributed by atoms with Crippen LogP contribution in [0.4, 0.5) is 5.69 Å². The lowest BCUT2D eigenvalue weighted by Gasteiger charge is -2.07. The number of pyridine rings is 1. The van der Waals surface area contributed by atoms with Gasteiger partial charge in [0.25, 0.3) is 5.91 Å². The van der Waals surface area contributed by atoms with Crippen LogP contribution < -0.4 is 5.32 Å². The van der Waals surface area contributed by atoms with Crippen molar-refractivity contribution in [3.63, 3.8) is 0 Å². The van der Waals surface area contributed by atoms with Crippen molar-refractivity contribution >= 4 is 11.6 Å². The van der Waals surface area contributed by atoms with Crippen LogP contribution in [-0.2, 0) is 12.8 Å². The summed E-state index contributed by atoms with van der Waals surface area (Å²) in [7, 11) is 0. The molecule has 0 fully saturated rings. The summed E-state index contributed by atoms with van der Waals surface area (Å²) in [6, 6.07) is 19.7. The first kappa shape index (κ1) is 15.9. The first-order valence-electron chi connectivity index (χ1n) is 8.13. The number of amides is 1. The van der Waals surface area contributed by atoms with E-state index in [1.165, 1.54) is 16.7 Å². The molecule has 1 amide bonds. The lowest BCUT2D eigenvalue weighted by atomic mass is 10.1. The van der Waals surface area contributed by atoms with E-state index in [4.69, 9.17) is 0 Å². The van der Waals surface area contributed by atoms with Crippen LogP contribution in [0.1, 0.15) is 34.0 Å². The SMILES string of the molecule is CCc1ccc(C(=O)Nc2ccc(Cc3ccncc3)cc2)cc1. The molecule has 2 aromatic carbocycles. The molecule has 0 aliphatic rings. The molecule has 3 rings (SSSR count). The third kappa shape index (κ3) is 4.07. The fourth-order valence-corrected chi connectivity index (χ4v) is 2.54. The molecule has 0 radical (unpaired) electrons. The van der Waals surface area contributed by atoms with E-state index >= 15 is 0 Å². The first-order valence-corrected chi connectivity index (χ1v) is 8.13. The molecule has 0 unspecified atom stereocenters. The van der Waals surface area contributed by atoms with Crippen LogP contribution in [0.15, 0.2) is 73.1 Å². The van der Waals surface area contributed by atoms with Gasteiger partial charge in [0.2, 0.25) is 0 Å². The largest absolute Gasteiger partial charge is 0.322 e. The van der Waals surface area contributed by atoms with Crippen molar-refractivity contribution in [1.29, 1.82) is 0 Å². The second-order valence-electron chi connectivity index (χ2n) is 5.73. The van der Waals surface area contributed by atoms with Crippen LogP contribution in [-0.4, -0.2) is 10.9 Å². The molecule has 3 aromatic rings. The molecule has 0 aliphatic carbocycles. The van der Waals surface area contributed by atoms with Gasteiger partial charge in [-0.1, -0.05) is 31.2 Å². The Morgan fingerprint density at radius 1 is 0.833 bits per heavy atom. The normalized spacial score (nSPS) is 10.4. The Hall–Kier alpha value is -2.94. The summed E-state index contributed by atoms with van der Waals surface area (Å²) in [6.07, 6.45) is 5.43. The molecule has 0 spiro atoms. The molecular formula is C21H20N2O. The van der Waals surface area contributed by atoms with Crippen molar-refractivity contribution in [2.45, 2.75) is 19.8 Å². The molecule has 1 heterocycles. The van der Waals surface area contributed by atoms with Crippen molar-refractivity contribution in [2.24, 2.45) is 0 Å². The van der Waals surface area contributed by atoms with Crippen molar-refractivity contribution < 1.29 is 4.79 Å². The Balaban J connectivity index is 1.64. The smallest absolute Gasteiger partial charge is 0.255 e. The summed E-state index contributed by atoms with van der Waals surface area (Å²) < 4.78 is 0. The minimum atomic E-state index is -0.0838. The second-order valence-corrected chi connectivity index (χ2v) is 5.73. The van der Waals surface area contributed by atoms with Crippen molar-refractivity contribution in [3.05, 3.63) is 95.3 Å². The average Bonchev–Trinajstić information content (AvgIpc) is 2.64. The molecule has 3 heteroatoms. The highest BCUT2D eigenvalue weighted by Crippen LogP contribution is 2.15. The molecule has 3 nitrogen and oxygen atoms in total. The van der Waals surface area contributed by atoms with Crippen molar-refractivity contribution in [2.75, 3.05) is 5.32 Å². The monoisotopic (exact) mass is 316 g/mol. The number of aromatic nitrogens is 1. The third-order valence-corrected chi connectivity index (χ3v) is 3.99. The number of rotatable bonds is 5. The van der Waals surface area contributed by atoms with Gasteiger partial charge in [-0.25, -0.2) is 0 Å². The second kappa shape index (κ2) is 7.55. The Kier molecular flexibility index (Phi) is 5.02. The fourth-order valence-electron chi connectivity index (χ4n) is 2.54. The number of carbonyl (C=O) groups is 1. The number of hydrogen-bond acceptors (Lipinski definition) is 2. The van der Waals surface area contributed by atoms with Crippen LogP contribution in [0.5, 0.6) is 0 Å². The molecule has 0 saturated heterocycles. The zero-order valence-corrected chi connectivity index (χ0v) is 13.7.